The summed E-state index contributed by atoms with van der Waals surface area (Å²) >= 11 is 0. The Bertz CT molecular complexity index is 165. The van der Waals surface area contributed by atoms with E-state index in [0.717, 1.165) is 6.42 Å². The highest BCUT2D eigenvalue weighted by Crippen LogP contribution is 1.95. The molecule has 0 heterocycles. The van der Waals surface area contributed by atoms with Crippen LogP contribution in [0.3, 0.4) is 0 Å². The minimum Gasteiger partial charge on any atom is -0.396 e. The van der Waals surface area contributed by atoms with Gasteiger partial charge in [0, 0.05) is 26.3 Å². The van der Waals surface area contributed by atoms with E-state index in [1.807, 2.05) is 6.92 Å². The highest BCUT2D eigenvalue weighted by molar-refractivity contribution is 5.78. The lowest BCUT2D eigenvalue weighted by atomic mass is 10.1. The van der Waals surface area contributed by atoms with Crippen molar-refractivity contribution in [2.45, 2.75) is 25.8 Å². The van der Waals surface area contributed by atoms with Gasteiger partial charge in [0.1, 0.15) is 0 Å². The van der Waals surface area contributed by atoms with E-state index < -0.39 is 0 Å². The van der Waals surface area contributed by atoms with E-state index in [1.54, 1.807) is 7.11 Å². The van der Waals surface area contributed by atoms with Gasteiger partial charge in [0.05, 0.1) is 13.2 Å². The quantitative estimate of drug-likeness (QED) is 0.456. The van der Waals surface area contributed by atoms with Gasteiger partial charge in [-0.15, -0.1) is 0 Å². The molecule has 5 heteroatoms. The second-order valence-electron chi connectivity index (χ2n) is 3.35. The fourth-order valence-corrected chi connectivity index (χ4v) is 1.19. The second kappa shape index (κ2) is 9.89. The van der Waals surface area contributed by atoms with Gasteiger partial charge in [-0.05, 0) is 12.8 Å². The molecule has 1 atom stereocenters. The first-order valence-corrected chi connectivity index (χ1v) is 5.34. The number of hydrogen-bond acceptors (Lipinski definition) is 4. The van der Waals surface area contributed by atoms with E-state index in [2.05, 4.69) is 10.6 Å². The highest BCUT2D eigenvalue weighted by Gasteiger charge is 2.08. The lowest BCUT2D eigenvalue weighted by molar-refractivity contribution is -0.121. The van der Waals surface area contributed by atoms with Gasteiger partial charge in [0.25, 0.3) is 0 Å². The van der Waals surface area contributed by atoms with Gasteiger partial charge in [-0.2, -0.15) is 0 Å². The van der Waals surface area contributed by atoms with Crippen LogP contribution in [0.4, 0.5) is 0 Å². The number of aliphatic hydroxyl groups excluding tert-OH is 1. The third kappa shape index (κ3) is 8.35. The maximum Gasteiger partial charge on any atom is 0.234 e. The van der Waals surface area contributed by atoms with Crippen LogP contribution in [0.15, 0.2) is 0 Å². The number of carbonyl (C=O) groups excluding carboxylic acids is 1. The van der Waals surface area contributed by atoms with Crippen molar-refractivity contribution in [3.05, 3.63) is 0 Å². The number of nitrogens with one attached hydrogen (secondary N) is 2. The first kappa shape index (κ1) is 14.3. The van der Waals surface area contributed by atoms with Gasteiger partial charge in [0.2, 0.25) is 5.91 Å². The Morgan fingerprint density at radius 2 is 2.27 bits per heavy atom. The molecule has 5 nitrogen and oxygen atoms in total. The summed E-state index contributed by atoms with van der Waals surface area (Å²) in [6.07, 6.45) is 1.45. The number of ether oxygens (including phenoxy) is 1. The molecule has 0 radical (unpaired) electrons. The average Bonchev–Trinajstić information content (AvgIpc) is 2.24. The number of hydrogen-bond donors (Lipinski definition) is 3. The Kier molecular flexibility index (Phi) is 9.46. The van der Waals surface area contributed by atoms with E-state index in [9.17, 15) is 4.79 Å². The molecule has 15 heavy (non-hydrogen) atoms. The van der Waals surface area contributed by atoms with Crippen LogP contribution in [0.2, 0.25) is 0 Å². The van der Waals surface area contributed by atoms with Crippen LogP contribution >= 0.6 is 0 Å². The van der Waals surface area contributed by atoms with Crippen molar-refractivity contribution in [1.29, 1.82) is 0 Å². The average molecular weight is 218 g/mol. The zero-order valence-electron chi connectivity index (χ0n) is 9.58. The summed E-state index contributed by atoms with van der Waals surface area (Å²) in [5.41, 5.74) is 0. The van der Waals surface area contributed by atoms with E-state index in [1.165, 1.54) is 0 Å². The van der Waals surface area contributed by atoms with Gasteiger partial charge in [-0.1, -0.05) is 6.92 Å². The zero-order chi connectivity index (χ0) is 11.5. The number of carbonyl (C=O) groups is 1. The first-order valence-electron chi connectivity index (χ1n) is 5.34. The highest BCUT2D eigenvalue weighted by atomic mass is 16.5. The minimum atomic E-state index is -0.0357. The fraction of sp³-hybridized carbons (Fsp3) is 0.900. The van der Waals surface area contributed by atoms with Crippen molar-refractivity contribution in [2.24, 2.45) is 0 Å². The van der Waals surface area contributed by atoms with Crippen LogP contribution in [0.5, 0.6) is 0 Å². The van der Waals surface area contributed by atoms with Crippen LogP contribution in [0.1, 0.15) is 19.8 Å². The summed E-state index contributed by atoms with van der Waals surface area (Å²) < 4.78 is 4.84. The van der Waals surface area contributed by atoms with Crippen LogP contribution in [0, 0.1) is 0 Å². The molecular weight excluding hydrogens is 196 g/mol. The molecule has 0 saturated carbocycles. The molecular formula is C10H22N2O3. The molecule has 0 aromatic carbocycles. The van der Waals surface area contributed by atoms with E-state index in [0.29, 0.717) is 26.1 Å². The standard InChI is InChI=1S/C10H22N2O3/c1-3-9(4-6-13)12-10(14)8-11-5-7-15-2/h9,11,13H,3-8H2,1-2H3,(H,12,14). The molecule has 0 aliphatic carbocycles. The molecule has 0 bridgehead atoms. The van der Waals surface area contributed by atoms with Crippen molar-refractivity contribution in [3.8, 4) is 0 Å². The normalized spacial score (nSPS) is 12.5. The van der Waals surface area contributed by atoms with Crippen molar-refractivity contribution in [3.63, 3.8) is 0 Å². The number of aliphatic hydroxyl groups is 1. The van der Waals surface area contributed by atoms with Crippen LogP contribution in [-0.4, -0.2) is 50.5 Å². The molecule has 0 spiro atoms. The third-order valence-corrected chi connectivity index (χ3v) is 2.10. The molecule has 90 valence electrons. The van der Waals surface area contributed by atoms with Crippen molar-refractivity contribution in [2.75, 3.05) is 33.4 Å². The van der Waals surface area contributed by atoms with Gasteiger partial charge < -0.3 is 20.5 Å². The smallest absolute Gasteiger partial charge is 0.234 e. The Morgan fingerprint density at radius 3 is 2.80 bits per heavy atom. The maximum absolute atomic E-state index is 11.4. The lowest BCUT2D eigenvalue weighted by Crippen LogP contribution is -2.41. The topological polar surface area (TPSA) is 70.6 Å². The summed E-state index contributed by atoms with van der Waals surface area (Å²) in [6, 6.07) is 0.0757. The first-order chi connectivity index (χ1) is 7.24. The molecule has 0 aromatic rings. The summed E-state index contributed by atoms with van der Waals surface area (Å²) in [6.45, 7) is 3.65. The monoisotopic (exact) mass is 218 g/mol. The van der Waals surface area contributed by atoms with Gasteiger partial charge >= 0.3 is 0 Å². The maximum atomic E-state index is 11.4. The Balaban J connectivity index is 3.52. The van der Waals surface area contributed by atoms with Gasteiger partial charge in [-0.3, -0.25) is 4.79 Å². The van der Waals surface area contributed by atoms with Gasteiger partial charge in [-0.25, -0.2) is 0 Å². The molecule has 1 unspecified atom stereocenters. The fourth-order valence-electron chi connectivity index (χ4n) is 1.19. The predicted octanol–water partition coefficient (Wildman–Crippen LogP) is -0.500. The minimum absolute atomic E-state index is 0.0357. The van der Waals surface area contributed by atoms with Gasteiger partial charge in [0.15, 0.2) is 0 Å². The third-order valence-electron chi connectivity index (χ3n) is 2.10. The van der Waals surface area contributed by atoms with Crippen molar-refractivity contribution >= 4 is 5.91 Å². The second-order valence-corrected chi connectivity index (χ2v) is 3.35. The predicted molar refractivity (Wildman–Crippen MR) is 58.7 cm³/mol. The van der Waals surface area contributed by atoms with E-state index >= 15 is 0 Å². The summed E-state index contributed by atoms with van der Waals surface area (Å²) in [7, 11) is 1.62. The van der Waals surface area contributed by atoms with Crippen LogP contribution < -0.4 is 10.6 Å². The molecule has 0 aliphatic heterocycles. The summed E-state index contributed by atoms with van der Waals surface area (Å²) in [5.74, 6) is -0.0357. The summed E-state index contributed by atoms with van der Waals surface area (Å²) in [5, 5.41) is 14.5. The summed E-state index contributed by atoms with van der Waals surface area (Å²) in [4.78, 5) is 11.4. The Labute approximate surface area is 91.2 Å². The Hall–Kier alpha value is -0.650. The number of rotatable bonds is 9. The molecule has 0 aliphatic rings. The van der Waals surface area contributed by atoms with E-state index in [4.69, 9.17) is 9.84 Å². The van der Waals surface area contributed by atoms with E-state index in [-0.39, 0.29) is 18.6 Å². The zero-order valence-corrected chi connectivity index (χ0v) is 9.58. The Morgan fingerprint density at radius 1 is 1.53 bits per heavy atom. The lowest BCUT2D eigenvalue weighted by Gasteiger charge is -2.15. The van der Waals surface area contributed by atoms with Crippen molar-refractivity contribution in [1.82, 2.24) is 10.6 Å². The number of amides is 1. The van der Waals surface area contributed by atoms with Crippen LogP contribution in [-0.2, 0) is 9.53 Å². The van der Waals surface area contributed by atoms with Crippen molar-refractivity contribution < 1.29 is 14.6 Å². The molecule has 0 fully saturated rings. The molecule has 0 aromatic heterocycles. The largest absolute Gasteiger partial charge is 0.396 e. The SMILES string of the molecule is CCC(CCO)NC(=O)CNCCOC. The van der Waals surface area contributed by atoms with Crippen LogP contribution in [0.25, 0.3) is 0 Å². The molecule has 1 amide bonds. The molecule has 3 N–H and O–H groups in total. The molecule has 0 rings (SSSR count). The number of methoxy groups -OCH3 is 1. The molecule has 0 saturated heterocycles.